The fraction of sp³-hybridized carbons (Fsp3) is 0.222. The third kappa shape index (κ3) is 3.61. The van der Waals surface area contributed by atoms with Gasteiger partial charge in [-0.05, 0) is 48.4 Å². The number of anilines is 1. The summed E-state index contributed by atoms with van der Waals surface area (Å²) in [4.78, 5) is 24.0. The van der Waals surface area contributed by atoms with Crippen LogP contribution in [0.3, 0.4) is 0 Å². The van der Waals surface area contributed by atoms with Gasteiger partial charge in [-0.25, -0.2) is 9.18 Å². The van der Waals surface area contributed by atoms with Crippen LogP contribution < -0.4 is 10.6 Å². The number of hydrogen-bond acceptors (Lipinski definition) is 3. The average Bonchev–Trinajstić information content (AvgIpc) is 3.36. The molecule has 2 amide bonds. The molecular weight excluding hydrogens is 343 g/mol. The summed E-state index contributed by atoms with van der Waals surface area (Å²) in [6, 6.07) is 12.3. The van der Waals surface area contributed by atoms with E-state index in [1.807, 2.05) is 30.5 Å². The van der Waals surface area contributed by atoms with Crippen LogP contribution >= 0.6 is 11.8 Å². The van der Waals surface area contributed by atoms with E-state index in [0.717, 1.165) is 10.5 Å². The minimum absolute atomic E-state index is 0.0360. The number of nitrogens with one attached hydrogen (secondary N) is 2. The van der Waals surface area contributed by atoms with Crippen molar-refractivity contribution in [3.8, 4) is 11.1 Å². The summed E-state index contributed by atoms with van der Waals surface area (Å²) in [6.07, 6.45) is 1.50. The van der Waals surface area contributed by atoms with Crippen molar-refractivity contribution in [3.05, 3.63) is 48.3 Å². The zero-order valence-corrected chi connectivity index (χ0v) is 14.3. The van der Waals surface area contributed by atoms with Gasteiger partial charge < -0.3 is 15.7 Å². The highest BCUT2D eigenvalue weighted by atomic mass is 32.2. The van der Waals surface area contributed by atoms with E-state index in [2.05, 4.69) is 10.6 Å². The molecule has 1 aliphatic rings. The van der Waals surface area contributed by atoms with E-state index in [1.54, 1.807) is 17.8 Å². The van der Waals surface area contributed by atoms with Crippen molar-refractivity contribution in [1.82, 2.24) is 5.32 Å². The van der Waals surface area contributed by atoms with Crippen LogP contribution in [0, 0.1) is 5.82 Å². The molecule has 7 heteroatoms. The van der Waals surface area contributed by atoms with Gasteiger partial charge in [-0.3, -0.25) is 4.79 Å². The lowest BCUT2D eigenvalue weighted by atomic mass is 10.0. The second-order valence-electron chi connectivity index (χ2n) is 5.86. The van der Waals surface area contributed by atoms with Gasteiger partial charge >= 0.3 is 6.09 Å². The Kier molecular flexibility index (Phi) is 4.67. The van der Waals surface area contributed by atoms with E-state index in [4.69, 9.17) is 5.11 Å². The Morgan fingerprint density at radius 3 is 2.52 bits per heavy atom. The number of carbonyl (C=O) groups is 2. The van der Waals surface area contributed by atoms with Crippen molar-refractivity contribution < 1.29 is 19.1 Å². The van der Waals surface area contributed by atoms with Gasteiger partial charge in [-0.15, -0.1) is 11.8 Å². The molecule has 0 saturated heterocycles. The first-order valence-corrected chi connectivity index (χ1v) is 8.93. The summed E-state index contributed by atoms with van der Waals surface area (Å²) in [5.74, 6) is -1.10. The lowest BCUT2D eigenvalue weighted by molar-refractivity contribution is -0.119. The lowest BCUT2D eigenvalue weighted by Crippen LogP contribution is -2.45. The molecule has 0 heterocycles. The monoisotopic (exact) mass is 360 g/mol. The van der Waals surface area contributed by atoms with E-state index in [9.17, 15) is 14.0 Å². The van der Waals surface area contributed by atoms with Crippen LogP contribution in [0.4, 0.5) is 14.9 Å². The first-order valence-electron chi connectivity index (χ1n) is 7.71. The Labute approximate surface area is 148 Å². The van der Waals surface area contributed by atoms with Gasteiger partial charge in [0.25, 0.3) is 0 Å². The number of amides is 2. The van der Waals surface area contributed by atoms with Crippen molar-refractivity contribution in [2.45, 2.75) is 23.3 Å². The van der Waals surface area contributed by atoms with E-state index in [1.165, 1.54) is 12.1 Å². The Morgan fingerprint density at radius 1 is 1.20 bits per heavy atom. The zero-order chi connectivity index (χ0) is 18.0. The number of halogens is 1. The third-order valence-electron chi connectivity index (χ3n) is 4.17. The molecule has 0 unspecified atom stereocenters. The molecule has 0 radical (unpaired) electrons. The first kappa shape index (κ1) is 17.3. The SMILES string of the molecule is CSc1ccccc1-c1ccc(NC(=O)C2(NC(=O)O)CC2)c(F)c1. The van der Waals surface area contributed by atoms with Crippen LogP contribution in [0.2, 0.25) is 0 Å². The van der Waals surface area contributed by atoms with Crippen LogP contribution in [-0.4, -0.2) is 28.9 Å². The maximum Gasteiger partial charge on any atom is 0.405 e. The first-order chi connectivity index (χ1) is 11.9. The second-order valence-corrected chi connectivity index (χ2v) is 6.71. The number of thioether (sulfide) groups is 1. The molecule has 5 nitrogen and oxygen atoms in total. The summed E-state index contributed by atoms with van der Waals surface area (Å²) < 4.78 is 14.4. The van der Waals surface area contributed by atoms with E-state index >= 15 is 0 Å². The quantitative estimate of drug-likeness (QED) is 0.706. The number of benzene rings is 2. The summed E-state index contributed by atoms with van der Waals surface area (Å²) in [7, 11) is 0. The van der Waals surface area contributed by atoms with Crippen LogP contribution in [0.5, 0.6) is 0 Å². The normalized spacial score (nSPS) is 14.6. The maximum absolute atomic E-state index is 14.4. The summed E-state index contributed by atoms with van der Waals surface area (Å²) in [5.41, 5.74) is 0.527. The molecule has 0 spiro atoms. The highest BCUT2D eigenvalue weighted by molar-refractivity contribution is 7.98. The number of hydrogen-bond donors (Lipinski definition) is 3. The molecule has 130 valence electrons. The smallest absolute Gasteiger partial charge is 0.405 e. The Balaban J connectivity index is 1.81. The fourth-order valence-corrected chi connectivity index (χ4v) is 3.27. The molecule has 2 aromatic rings. The molecule has 0 atom stereocenters. The van der Waals surface area contributed by atoms with Gasteiger partial charge in [-0.2, -0.15) is 0 Å². The third-order valence-corrected chi connectivity index (χ3v) is 4.96. The van der Waals surface area contributed by atoms with Crippen molar-refractivity contribution in [2.24, 2.45) is 0 Å². The molecule has 0 aliphatic heterocycles. The second kappa shape index (κ2) is 6.76. The van der Waals surface area contributed by atoms with Crippen LogP contribution in [0.15, 0.2) is 47.4 Å². The fourth-order valence-electron chi connectivity index (χ4n) is 2.65. The topological polar surface area (TPSA) is 78.4 Å². The van der Waals surface area contributed by atoms with Gasteiger partial charge in [0.1, 0.15) is 11.4 Å². The number of carbonyl (C=O) groups excluding carboxylic acids is 1. The minimum Gasteiger partial charge on any atom is -0.465 e. The predicted molar refractivity (Wildman–Crippen MR) is 95.4 cm³/mol. The summed E-state index contributed by atoms with van der Waals surface area (Å²) >= 11 is 1.57. The van der Waals surface area contributed by atoms with Crippen molar-refractivity contribution in [3.63, 3.8) is 0 Å². The van der Waals surface area contributed by atoms with Gasteiger partial charge in [0.05, 0.1) is 5.69 Å². The van der Waals surface area contributed by atoms with E-state index in [0.29, 0.717) is 18.4 Å². The lowest BCUT2D eigenvalue weighted by Gasteiger charge is -2.16. The van der Waals surface area contributed by atoms with Crippen molar-refractivity contribution >= 4 is 29.4 Å². The average molecular weight is 360 g/mol. The maximum atomic E-state index is 14.4. The van der Waals surface area contributed by atoms with E-state index < -0.39 is 23.4 Å². The summed E-state index contributed by atoms with van der Waals surface area (Å²) in [6.45, 7) is 0. The van der Waals surface area contributed by atoms with Gasteiger partial charge in [-0.1, -0.05) is 24.3 Å². The summed E-state index contributed by atoms with van der Waals surface area (Å²) in [5, 5.41) is 13.5. The molecule has 1 fully saturated rings. The molecule has 1 saturated carbocycles. The molecule has 0 bridgehead atoms. The van der Waals surface area contributed by atoms with Crippen LogP contribution in [0.1, 0.15) is 12.8 Å². The number of rotatable bonds is 5. The molecule has 3 rings (SSSR count). The van der Waals surface area contributed by atoms with Gasteiger partial charge in [0.15, 0.2) is 0 Å². The highest BCUT2D eigenvalue weighted by Gasteiger charge is 2.51. The Bertz CT molecular complexity index is 837. The van der Waals surface area contributed by atoms with Crippen LogP contribution in [-0.2, 0) is 4.79 Å². The predicted octanol–water partition coefficient (Wildman–Crippen LogP) is 3.95. The molecule has 0 aromatic heterocycles. The van der Waals surface area contributed by atoms with Crippen LogP contribution in [0.25, 0.3) is 11.1 Å². The zero-order valence-electron chi connectivity index (χ0n) is 13.5. The standard InChI is InChI=1S/C18H17FN2O3S/c1-25-15-5-3-2-4-12(15)11-6-7-14(13(19)10-11)20-16(22)18(8-9-18)21-17(23)24/h2-7,10,21H,8-9H2,1H3,(H,20,22)(H,23,24). The Hall–Kier alpha value is -2.54. The van der Waals surface area contributed by atoms with Crippen molar-refractivity contribution in [2.75, 3.05) is 11.6 Å². The van der Waals surface area contributed by atoms with Gasteiger partial charge in [0, 0.05) is 4.90 Å². The molecule has 3 N–H and O–H groups in total. The highest BCUT2D eigenvalue weighted by Crippen LogP contribution is 2.37. The van der Waals surface area contributed by atoms with Crippen molar-refractivity contribution in [1.29, 1.82) is 0 Å². The number of carboxylic acid groups (broad SMARTS) is 1. The largest absolute Gasteiger partial charge is 0.465 e. The molecule has 2 aromatic carbocycles. The van der Waals surface area contributed by atoms with E-state index in [-0.39, 0.29) is 5.69 Å². The Morgan fingerprint density at radius 2 is 1.92 bits per heavy atom. The molecular formula is C18H17FN2O3S. The molecule has 1 aliphatic carbocycles. The van der Waals surface area contributed by atoms with Gasteiger partial charge in [0.2, 0.25) is 5.91 Å². The minimum atomic E-state index is -1.27. The molecule has 25 heavy (non-hydrogen) atoms.